The van der Waals surface area contributed by atoms with E-state index in [1.165, 1.54) is 19.3 Å². The molecule has 4 nitrogen and oxygen atoms in total. The summed E-state index contributed by atoms with van der Waals surface area (Å²) in [7, 11) is 2.01. The number of carbonyl (C=O) groups is 1. The predicted octanol–water partition coefficient (Wildman–Crippen LogP) is 3.00. The van der Waals surface area contributed by atoms with Crippen molar-refractivity contribution in [1.29, 1.82) is 0 Å². The zero-order valence-electron chi connectivity index (χ0n) is 15.1. The van der Waals surface area contributed by atoms with Crippen molar-refractivity contribution in [3.8, 4) is 0 Å². The first kappa shape index (κ1) is 20.9. The fourth-order valence-corrected chi connectivity index (χ4v) is 3.30. The minimum Gasteiger partial charge on any atom is -0.348 e. The van der Waals surface area contributed by atoms with Gasteiger partial charge in [0.15, 0.2) is 0 Å². The zero-order chi connectivity index (χ0) is 16.7. The largest absolute Gasteiger partial charge is 0.348 e. The van der Waals surface area contributed by atoms with Gasteiger partial charge in [-0.3, -0.25) is 9.69 Å². The standard InChI is InChI=1S/C19H31N3O.ClH/c1-15(18-7-5-4-6-8-18)21-19(23)16(2)22-13-10-17(11-14-22)9-12-20-3;/h4-8,15-17,20H,9-14H2,1-3H3,(H,21,23);1H. The average Bonchev–Trinajstić information content (AvgIpc) is 2.60. The first-order valence-corrected chi connectivity index (χ1v) is 8.85. The SMILES string of the molecule is CNCCC1CCN(C(C)C(=O)NC(C)c2ccccc2)CC1.Cl. The topological polar surface area (TPSA) is 44.4 Å². The molecule has 0 aromatic heterocycles. The van der Waals surface area contributed by atoms with Gasteiger partial charge in [-0.2, -0.15) is 0 Å². The molecule has 1 aliphatic heterocycles. The Kier molecular flexibility index (Phi) is 9.34. The van der Waals surface area contributed by atoms with E-state index in [0.29, 0.717) is 0 Å². The predicted molar refractivity (Wildman–Crippen MR) is 103 cm³/mol. The average molecular weight is 354 g/mol. The van der Waals surface area contributed by atoms with Gasteiger partial charge in [0.1, 0.15) is 0 Å². The third-order valence-electron chi connectivity index (χ3n) is 5.04. The van der Waals surface area contributed by atoms with E-state index in [1.54, 1.807) is 0 Å². The van der Waals surface area contributed by atoms with E-state index in [9.17, 15) is 4.79 Å². The molecule has 1 heterocycles. The molecule has 2 unspecified atom stereocenters. The molecule has 5 heteroatoms. The Morgan fingerprint density at radius 3 is 2.42 bits per heavy atom. The lowest BCUT2D eigenvalue weighted by Gasteiger charge is -2.35. The van der Waals surface area contributed by atoms with E-state index < -0.39 is 0 Å². The van der Waals surface area contributed by atoms with Crippen molar-refractivity contribution in [2.75, 3.05) is 26.7 Å². The fourth-order valence-electron chi connectivity index (χ4n) is 3.30. The summed E-state index contributed by atoms with van der Waals surface area (Å²) >= 11 is 0. The van der Waals surface area contributed by atoms with Gasteiger partial charge in [-0.25, -0.2) is 0 Å². The van der Waals surface area contributed by atoms with E-state index in [2.05, 4.69) is 27.7 Å². The number of likely N-dealkylation sites (tertiary alicyclic amines) is 1. The molecular formula is C19H32ClN3O. The van der Waals surface area contributed by atoms with Crippen molar-refractivity contribution >= 4 is 18.3 Å². The summed E-state index contributed by atoms with van der Waals surface area (Å²) in [4.78, 5) is 14.8. The van der Waals surface area contributed by atoms with Gasteiger partial charge in [0.2, 0.25) is 5.91 Å². The molecule has 0 saturated carbocycles. The number of piperidine rings is 1. The molecule has 2 N–H and O–H groups in total. The molecule has 2 rings (SSSR count). The number of amides is 1. The van der Waals surface area contributed by atoms with E-state index in [4.69, 9.17) is 0 Å². The normalized spacial score (nSPS) is 18.5. The highest BCUT2D eigenvalue weighted by Crippen LogP contribution is 2.22. The lowest BCUT2D eigenvalue weighted by atomic mass is 9.92. The molecular weight excluding hydrogens is 322 g/mol. The van der Waals surface area contributed by atoms with Crippen LogP contribution in [0.1, 0.15) is 44.7 Å². The van der Waals surface area contributed by atoms with Crippen molar-refractivity contribution in [3.63, 3.8) is 0 Å². The molecule has 1 aromatic rings. The van der Waals surface area contributed by atoms with Gasteiger partial charge in [-0.15, -0.1) is 12.4 Å². The summed E-state index contributed by atoms with van der Waals surface area (Å²) in [5.74, 6) is 0.937. The number of carbonyl (C=O) groups excluding carboxylic acids is 1. The first-order chi connectivity index (χ1) is 11.1. The number of nitrogens with one attached hydrogen (secondary N) is 2. The molecule has 1 aromatic carbocycles. The highest BCUT2D eigenvalue weighted by molar-refractivity contribution is 5.85. The monoisotopic (exact) mass is 353 g/mol. The number of hydrogen-bond acceptors (Lipinski definition) is 3. The van der Waals surface area contributed by atoms with E-state index in [-0.39, 0.29) is 30.4 Å². The second-order valence-corrected chi connectivity index (χ2v) is 6.69. The number of halogens is 1. The fraction of sp³-hybridized carbons (Fsp3) is 0.632. The van der Waals surface area contributed by atoms with Crippen LogP contribution >= 0.6 is 12.4 Å². The number of benzene rings is 1. The second kappa shape index (κ2) is 10.7. The Morgan fingerprint density at radius 1 is 1.21 bits per heavy atom. The highest BCUT2D eigenvalue weighted by Gasteiger charge is 2.27. The molecule has 1 aliphatic rings. The third-order valence-corrected chi connectivity index (χ3v) is 5.04. The van der Waals surface area contributed by atoms with E-state index in [1.807, 2.05) is 39.1 Å². The maximum Gasteiger partial charge on any atom is 0.237 e. The van der Waals surface area contributed by atoms with Gasteiger partial charge in [0, 0.05) is 0 Å². The second-order valence-electron chi connectivity index (χ2n) is 6.69. The molecule has 0 spiro atoms. The summed E-state index contributed by atoms with van der Waals surface area (Å²) in [6, 6.07) is 10.1. The molecule has 2 atom stereocenters. The molecule has 1 saturated heterocycles. The van der Waals surface area contributed by atoms with Gasteiger partial charge in [0.05, 0.1) is 12.1 Å². The van der Waals surface area contributed by atoms with Crippen LogP contribution in [0.2, 0.25) is 0 Å². The maximum absolute atomic E-state index is 12.5. The van der Waals surface area contributed by atoms with Gasteiger partial charge in [-0.1, -0.05) is 30.3 Å². The minimum absolute atomic E-state index is 0. The van der Waals surface area contributed by atoms with Crippen molar-refractivity contribution in [1.82, 2.24) is 15.5 Å². The molecule has 1 fully saturated rings. The van der Waals surface area contributed by atoms with Crippen LogP contribution in [0.25, 0.3) is 0 Å². The van der Waals surface area contributed by atoms with Crippen LogP contribution in [0.5, 0.6) is 0 Å². The number of rotatable bonds is 7. The lowest BCUT2D eigenvalue weighted by molar-refractivity contribution is -0.127. The van der Waals surface area contributed by atoms with E-state index in [0.717, 1.165) is 31.1 Å². The maximum atomic E-state index is 12.5. The van der Waals surface area contributed by atoms with Crippen LogP contribution in [0.3, 0.4) is 0 Å². The van der Waals surface area contributed by atoms with Gasteiger partial charge < -0.3 is 10.6 Å². The Bertz CT molecular complexity index is 475. The summed E-state index contributed by atoms with van der Waals surface area (Å²) in [6.07, 6.45) is 3.65. The Balaban J connectivity index is 0.00000288. The van der Waals surface area contributed by atoms with Crippen LogP contribution in [-0.2, 0) is 4.79 Å². The van der Waals surface area contributed by atoms with Crippen molar-refractivity contribution < 1.29 is 4.79 Å². The quantitative estimate of drug-likeness (QED) is 0.792. The molecule has 1 amide bonds. The molecule has 24 heavy (non-hydrogen) atoms. The Morgan fingerprint density at radius 2 is 1.83 bits per heavy atom. The van der Waals surface area contributed by atoms with Crippen LogP contribution in [0.4, 0.5) is 0 Å². The molecule has 0 aliphatic carbocycles. The van der Waals surface area contributed by atoms with Crippen molar-refractivity contribution in [3.05, 3.63) is 35.9 Å². The Labute approximate surface area is 152 Å². The first-order valence-electron chi connectivity index (χ1n) is 8.85. The molecule has 0 radical (unpaired) electrons. The Hall–Kier alpha value is -1.10. The summed E-state index contributed by atoms with van der Waals surface area (Å²) in [5, 5.41) is 6.37. The van der Waals surface area contributed by atoms with Crippen LogP contribution in [0.15, 0.2) is 30.3 Å². The smallest absolute Gasteiger partial charge is 0.237 e. The van der Waals surface area contributed by atoms with Gasteiger partial charge in [-0.05, 0) is 71.3 Å². The van der Waals surface area contributed by atoms with Gasteiger partial charge >= 0.3 is 0 Å². The number of hydrogen-bond donors (Lipinski definition) is 2. The summed E-state index contributed by atoms with van der Waals surface area (Å²) in [6.45, 7) is 7.23. The van der Waals surface area contributed by atoms with Crippen LogP contribution < -0.4 is 10.6 Å². The van der Waals surface area contributed by atoms with E-state index >= 15 is 0 Å². The van der Waals surface area contributed by atoms with Crippen LogP contribution in [-0.4, -0.2) is 43.5 Å². The third kappa shape index (κ3) is 6.08. The minimum atomic E-state index is -0.0496. The van der Waals surface area contributed by atoms with Crippen LogP contribution in [0, 0.1) is 5.92 Å². The van der Waals surface area contributed by atoms with Crippen molar-refractivity contribution in [2.24, 2.45) is 5.92 Å². The zero-order valence-corrected chi connectivity index (χ0v) is 15.9. The van der Waals surface area contributed by atoms with Crippen molar-refractivity contribution in [2.45, 2.75) is 45.2 Å². The summed E-state index contributed by atoms with van der Waals surface area (Å²) < 4.78 is 0. The number of nitrogens with zero attached hydrogens (tertiary/aromatic N) is 1. The summed E-state index contributed by atoms with van der Waals surface area (Å²) in [5.41, 5.74) is 1.15. The highest BCUT2D eigenvalue weighted by atomic mass is 35.5. The molecule has 0 bridgehead atoms. The lowest BCUT2D eigenvalue weighted by Crippen LogP contribution is -2.48. The molecule has 136 valence electrons. The van der Waals surface area contributed by atoms with Gasteiger partial charge in [0.25, 0.3) is 0 Å².